The molecule has 0 bridgehead atoms. The summed E-state index contributed by atoms with van der Waals surface area (Å²) in [5.74, 6) is 2.09. The molecule has 4 heteroatoms. The zero-order valence-electron chi connectivity index (χ0n) is 12.6. The summed E-state index contributed by atoms with van der Waals surface area (Å²) in [5, 5.41) is 13.6. The van der Waals surface area contributed by atoms with E-state index >= 15 is 0 Å². The molecule has 21 heavy (non-hydrogen) atoms. The van der Waals surface area contributed by atoms with Gasteiger partial charge < -0.3 is 0 Å². The molecule has 2 nitrogen and oxygen atoms in total. The summed E-state index contributed by atoms with van der Waals surface area (Å²) in [6, 6.07) is 11.1. The fourth-order valence-corrected chi connectivity index (χ4v) is 3.62. The van der Waals surface area contributed by atoms with Crippen LogP contribution in [0.5, 0.6) is 0 Å². The summed E-state index contributed by atoms with van der Waals surface area (Å²) >= 11 is 8.06. The van der Waals surface area contributed by atoms with Gasteiger partial charge in [0.1, 0.15) is 5.54 Å². The van der Waals surface area contributed by atoms with E-state index in [4.69, 9.17) is 11.6 Å². The van der Waals surface area contributed by atoms with E-state index in [-0.39, 0.29) is 5.54 Å². The molecule has 0 radical (unpaired) electrons. The number of halogens is 1. The molecular formula is C17H23ClN2S. The molecule has 1 saturated carbocycles. The van der Waals surface area contributed by atoms with E-state index < -0.39 is 0 Å². The van der Waals surface area contributed by atoms with Gasteiger partial charge in [0.25, 0.3) is 0 Å². The van der Waals surface area contributed by atoms with Crippen molar-refractivity contribution in [3.8, 4) is 6.07 Å². The second kappa shape index (κ2) is 8.08. The van der Waals surface area contributed by atoms with Gasteiger partial charge in [-0.2, -0.15) is 17.0 Å². The average Bonchev–Trinajstić information content (AvgIpc) is 3.28. The number of unbranched alkanes of at least 4 members (excludes halogenated alkanes) is 1. The van der Waals surface area contributed by atoms with Gasteiger partial charge >= 0.3 is 0 Å². The highest BCUT2D eigenvalue weighted by molar-refractivity contribution is 7.98. The SMILES string of the molecule is CC(C#N)(CCCCSCc1ccccc1Cl)NC1CC1. The molecule has 1 aromatic carbocycles. The molecular weight excluding hydrogens is 300 g/mol. The summed E-state index contributed by atoms with van der Waals surface area (Å²) in [5.41, 5.74) is 0.871. The summed E-state index contributed by atoms with van der Waals surface area (Å²) in [6.07, 6.45) is 5.64. The van der Waals surface area contributed by atoms with Crippen molar-refractivity contribution >= 4 is 23.4 Å². The van der Waals surface area contributed by atoms with Gasteiger partial charge in [-0.3, -0.25) is 5.32 Å². The third-order valence-corrected chi connectivity index (χ3v) is 5.24. The molecule has 0 heterocycles. The van der Waals surface area contributed by atoms with E-state index in [1.165, 1.54) is 18.4 Å². The Morgan fingerprint density at radius 3 is 2.81 bits per heavy atom. The van der Waals surface area contributed by atoms with E-state index in [2.05, 4.69) is 17.5 Å². The first-order chi connectivity index (χ1) is 10.1. The van der Waals surface area contributed by atoms with Crippen LogP contribution in [0, 0.1) is 11.3 Å². The van der Waals surface area contributed by atoms with Gasteiger partial charge in [0, 0.05) is 16.8 Å². The zero-order chi connectivity index (χ0) is 15.1. The fraction of sp³-hybridized carbons (Fsp3) is 0.588. The van der Waals surface area contributed by atoms with Crippen LogP contribution in [-0.2, 0) is 5.75 Å². The van der Waals surface area contributed by atoms with Crippen molar-refractivity contribution < 1.29 is 0 Å². The highest BCUT2D eigenvalue weighted by Gasteiger charge is 2.31. The Labute approximate surface area is 137 Å². The lowest BCUT2D eigenvalue weighted by Crippen LogP contribution is -2.42. The van der Waals surface area contributed by atoms with Crippen molar-refractivity contribution in [2.75, 3.05) is 5.75 Å². The largest absolute Gasteiger partial charge is 0.297 e. The van der Waals surface area contributed by atoms with Crippen molar-refractivity contribution in [1.29, 1.82) is 5.26 Å². The lowest BCUT2D eigenvalue weighted by atomic mass is 9.96. The van der Waals surface area contributed by atoms with Crippen LogP contribution in [0.3, 0.4) is 0 Å². The maximum atomic E-state index is 9.31. The van der Waals surface area contributed by atoms with E-state index in [1.807, 2.05) is 36.9 Å². The molecule has 0 spiro atoms. The summed E-state index contributed by atoms with van der Waals surface area (Å²) in [4.78, 5) is 0. The van der Waals surface area contributed by atoms with Crippen LogP contribution in [0.25, 0.3) is 0 Å². The predicted molar refractivity (Wildman–Crippen MR) is 91.6 cm³/mol. The normalized spacial score (nSPS) is 17.2. The lowest BCUT2D eigenvalue weighted by molar-refractivity contribution is 0.402. The zero-order valence-corrected chi connectivity index (χ0v) is 14.1. The van der Waals surface area contributed by atoms with Gasteiger partial charge in [0.2, 0.25) is 0 Å². The second-order valence-electron chi connectivity index (χ2n) is 5.96. The Bertz CT molecular complexity index is 496. The maximum absolute atomic E-state index is 9.31. The molecule has 1 aromatic rings. The summed E-state index contributed by atoms with van der Waals surface area (Å²) in [6.45, 7) is 2.03. The number of nitriles is 1. The molecule has 1 atom stereocenters. The topological polar surface area (TPSA) is 35.8 Å². The maximum Gasteiger partial charge on any atom is 0.104 e. The van der Waals surface area contributed by atoms with Gasteiger partial charge in [-0.15, -0.1) is 0 Å². The Morgan fingerprint density at radius 1 is 1.38 bits per heavy atom. The summed E-state index contributed by atoms with van der Waals surface area (Å²) in [7, 11) is 0. The van der Waals surface area contributed by atoms with E-state index in [9.17, 15) is 5.26 Å². The minimum absolute atomic E-state index is 0.339. The van der Waals surface area contributed by atoms with E-state index in [0.717, 1.165) is 35.8 Å². The molecule has 0 amide bonds. The van der Waals surface area contributed by atoms with Crippen LogP contribution in [0.2, 0.25) is 5.02 Å². The average molecular weight is 323 g/mol. The van der Waals surface area contributed by atoms with Crippen molar-refractivity contribution in [3.05, 3.63) is 34.9 Å². The van der Waals surface area contributed by atoms with Crippen LogP contribution in [-0.4, -0.2) is 17.3 Å². The fourth-order valence-electron chi connectivity index (χ4n) is 2.32. The molecule has 1 unspecified atom stereocenters. The number of thioether (sulfide) groups is 1. The van der Waals surface area contributed by atoms with Crippen LogP contribution in [0.15, 0.2) is 24.3 Å². The number of nitrogens with one attached hydrogen (secondary N) is 1. The van der Waals surface area contributed by atoms with Crippen LogP contribution in [0.4, 0.5) is 0 Å². The van der Waals surface area contributed by atoms with Gasteiger partial charge in [-0.05, 0) is 56.4 Å². The molecule has 0 aromatic heterocycles. The number of benzene rings is 1. The number of hydrogen-bond donors (Lipinski definition) is 1. The second-order valence-corrected chi connectivity index (χ2v) is 7.48. The van der Waals surface area contributed by atoms with Crippen LogP contribution < -0.4 is 5.32 Å². The molecule has 0 aliphatic heterocycles. The molecule has 1 fully saturated rings. The molecule has 2 rings (SSSR count). The van der Waals surface area contributed by atoms with Crippen LogP contribution in [0.1, 0.15) is 44.6 Å². The van der Waals surface area contributed by atoms with E-state index in [0.29, 0.717) is 6.04 Å². The lowest BCUT2D eigenvalue weighted by Gasteiger charge is -2.23. The highest BCUT2D eigenvalue weighted by atomic mass is 35.5. The van der Waals surface area contributed by atoms with Crippen molar-refractivity contribution in [1.82, 2.24) is 5.32 Å². The Kier molecular flexibility index (Phi) is 6.41. The molecule has 1 aliphatic carbocycles. The smallest absolute Gasteiger partial charge is 0.104 e. The number of hydrogen-bond acceptors (Lipinski definition) is 3. The standard InChI is InChI=1S/C17H23ClN2S/c1-17(13-19,20-15-8-9-15)10-4-5-11-21-12-14-6-2-3-7-16(14)18/h2-3,6-7,15,20H,4-5,8-12H2,1H3. The summed E-state index contributed by atoms with van der Waals surface area (Å²) < 4.78 is 0. The van der Waals surface area contributed by atoms with Gasteiger partial charge in [0.05, 0.1) is 6.07 Å². The Morgan fingerprint density at radius 2 is 2.14 bits per heavy atom. The number of rotatable bonds is 9. The minimum Gasteiger partial charge on any atom is -0.297 e. The number of nitrogens with zero attached hydrogens (tertiary/aromatic N) is 1. The predicted octanol–water partition coefficient (Wildman–Crippen LogP) is 4.78. The van der Waals surface area contributed by atoms with Crippen molar-refractivity contribution in [2.24, 2.45) is 0 Å². The first-order valence-electron chi connectivity index (χ1n) is 7.63. The Balaban J connectivity index is 1.59. The van der Waals surface area contributed by atoms with E-state index in [1.54, 1.807) is 0 Å². The van der Waals surface area contributed by atoms with Crippen molar-refractivity contribution in [2.45, 2.75) is 56.4 Å². The third-order valence-electron chi connectivity index (χ3n) is 3.78. The first-order valence-corrected chi connectivity index (χ1v) is 9.16. The van der Waals surface area contributed by atoms with Crippen molar-refractivity contribution in [3.63, 3.8) is 0 Å². The molecule has 1 N–H and O–H groups in total. The highest BCUT2D eigenvalue weighted by Crippen LogP contribution is 2.25. The van der Waals surface area contributed by atoms with Gasteiger partial charge in [-0.25, -0.2) is 0 Å². The molecule has 114 valence electrons. The first kappa shape index (κ1) is 16.7. The van der Waals surface area contributed by atoms with Gasteiger partial charge in [0.15, 0.2) is 0 Å². The quantitative estimate of drug-likeness (QED) is 0.665. The molecule has 0 saturated heterocycles. The monoisotopic (exact) mass is 322 g/mol. The molecule has 1 aliphatic rings. The van der Waals surface area contributed by atoms with Crippen LogP contribution >= 0.6 is 23.4 Å². The minimum atomic E-state index is -0.339. The Hall–Kier alpha value is -0.690. The van der Waals surface area contributed by atoms with Gasteiger partial charge in [-0.1, -0.05) is 29.8 Å². The third kappa shape index (κ3) is 5.90.